The van der Waals surface area contributed by atoms with Crippen molar-refractivity contribution in [3.63, 3.8) is 0 Å². The lowest BCUT2D eigenvalue weighted by molar-refractivity contribution is 0.233. The summed E-state index contributed by atoms with van der Waals surface area (Å²) >= 11 is 0. The Balaban J connectivity index is 1.64. The van der Waals surface area contributed by atoms with Gasteiger partial charge in [-0.1, -0.05) is 39.0 Å². The summed E-state index contributed by atoms with van der Waals surface area (Å²) in [6.45, 7) is 17.0. The van der Waals surface area contributed by atoms with E-state index in [1.807, 2.05) is 18.2 Å². The van der Waals surface area contributed by atoms with Crippen molar-refractivity contribution in [2.75, 3.05) is 13.2 Å². The molecule has 1 aliphatic rings. The van der Waals surface area contributed by atoms with E-state index in [0.29, 0.717) is 12.4 Å². The van der Waals surface area contributed by atoms with E-state index in [4.69, 9.17) is 9.16 Å². The van der Waals surface area contributed by atoms with Crippen LogP contribution in [0.1, 0.15) is 49.4 Å². The van der Waals surface area contributed by atoms with Crippen LogP contribution in [0.5, 0.6) is 5.75 Å². The minimum absolute atomic E-state index is 0.236. The predicted octanol–water partition coefficient (Wildman–Crippen LogP) is 7.13. The average Bonchev–Trinajstić information content (AvgIpc) is 2.58. The zero-order chi connectivity index (χ0) is 21.4. The van der Waals surface area contributed by atoms with Crippen molar-refractivity contribution in [2.45, 2.75) is 59.2 Å². The minimum atomic E-state index is -1.69. The second-order valence-electron chi connectivity index (χ2n) is 9.54. The van der Waals surface area contributed by atoms with Crippen LogP contribution in [0, 0.1) is 13.8 Å². The molecule has 0 heterocycles. The van der Waals surface area contributed by atoms with Crippen LogP contribution in [0.4, 0.5) is 0 Å². The first-order chi connectivity index (χ1) is 13.5. The lowest BCUT2D eigenvalue weighted by Crippen LogP contribution is -2.41. The van der Waals surface area contributed by atoms with Gasteiger partial charge in [0.05, 0.1) is 6.61 Å². The van der Waals surface area contributed by atoms with Gasteiger partial charge < -0.3 is 14.3 Å². The predicted molar refractivity (Wildman–Crippen MR) is 125 cm³/mol. The van der Waals surface area contributed by atoms with Gasteiger partial charge in [0.25, 0.3) is 0 Å². The number of aryl methyl sites for hydroxylation is 2. The van der Waals surface area contributed by atoms with E-state index in [0.717, 1.165) is 46.6 Å². The number of ether oxygens (including phenoxy) is 1. The molecule has 1 aliphatic carbocycles. The molecule has 0 saturated carbocycles. The van der Waals surface area contributed by atoms with E-state index in [9.17, 15) is 5.11 Å². The number of aliphatic hydroxyl groups is 1. The molecule has 0 aliphatic heterocycles. The summed E-state index contributed by atoms with van der Waals surface area (Å²) in [7, 11) is -1.69. The number of benzene rings is 2. The van der Waals surface area contributed by atoms with Gasteiger partial charge in [-0.3, -0.25) is 0 Å². The van der Waals surface area contributed by atoms with Crippen LogP contribution in [0.25, 0.3) is 23.0 Å². The molecule has 0 radical (unpaired) electrons. The Bertz CT molecular complexity index is 913. The number of hydrogen-bond donors (Lipinski definition) is 1. The molecule has 4 heteroatoms. The second kappa shape index (κ2) is 8.00. The quantitative estimate of drug-likeness (QED) is 0.390. The lowest BCUT2D eigenvalue weighted by Gasteiger charge is -2.36. The van der Waals surface area contributed by atoms with Crippen molar-refractivity contribution in [1.82, 2.24) is 0 Å². The summed E-state index contributed by atoms with van der Waals surface area (Å²) in [6.07, 6.45) is 2.70. The Labute approximate surface area is 176 Å². The van der Waals surface area contributed by atoms with E-state index in [1.165, 1.54) is 5.56 Å². The molecule has 0 aromatic heterocycles. The maximum absolute atomic E-state index is 10.1. The summed E-state index contributed by atoms with van der Waals surface area (Å²) in [5, 5.41) is 10.3. The molecule has 156 valence electrons. The molecule has 2 aromatic rings. The fourth-order valence-electron chi connectivity index (χ4n) is 3.55. The molecule has 2 aromatic carbocycles. The molecule has 3 nitrogen and oxygen atoms in total. The van der Waals surface area contributed by atoms with E-state index in [1.54, 1.807) is 0 Å². The van der Waals surface area contributed by atoms with E-state index in [2.05, 4.69) is 65.9 Å². The first-order valence-corrected chi connectivity index (χ1v) is 13.3. The van der Waals surface area contributed by atoms with Crippen LogP contribution in [0.3, 0.4) is 0 Å². The van der Waals surface area contributed by atoms with Crippen molar-refractivity contribution in [3.05, 3.63) is 52.6 Å². The van der Waals surface area contributed by atoms with Crippen molar-refractivity contribution >= 4 is 20.2 Å². The third-order valence-electron chi connectivity index (χ3n) is 6.25. The zero-order valence-electron chi connectivity index (χ0n) is 18.8. The fourth-order valence-corrected chi connectivity index (χ4v) is 4.64. The average molecular weight is 411 g/mol. The Morgan fingerprint density at radius 3 is 2.21 bits per heavy atom. The van der Waals surface area contributed by atoms with Crippen molar-refractivity contribution in [2.24, 2.45) is 0 Å². The smallest absolute Gasteiger partial charge is 0.191 e. The van der Waals surface area contributed by atoms with E-state index >= 15 is 0 Å². The fraction of sp³-hybridized carbons (Fsp3) is 0.440. The van der Waals surface area contributed by atoms with Crippen molar-refractivity contribution in [3.8, 4) is 16.9 Å². The van der Waals surface area contributed by atoms with E-state index < -0.39 is 8.32 Å². The monoisotopic (exact) mass is 410 g/mol. The zero-order valence-corrected chi connectivity index (χ0v) is 19.8. The summed E-state index contributed by atoms with van der Waals surface area (Å²) in [5.41, 5.74) is 6.63. The van der Waals surface area contributed by atoms with Gasteiger partial charge in [-0.2, -0.15) is 0 Å². The first kappa shape index (κ1) is 21.7. The maximum atomic E-state index is 10.1. The highest BCUT2D eigenvalue weighted by Crippen LogP contribution is 2.41. The standard InChI is InChI=1S/C25H34O3Si/c1-17-14-20(27-12-9-13-28-29(6,7)25(3,4)5)15-18(2)23(17)21-11-8-10-19-16-22(26)24(19)21/h8,10-11,14-16,26H,9,12-13H2,1-7H3. The second-order valence-corrected chi connectivity index (χ2v) is 14.4. The number of aliphatic hydroxyl groups excluding tert-OH is 1. The molecule has 0 spiro atoms. The molecule has 29 heavy (non-hydrogen) atoms. The summed E-state index contributed by atoms with van der Waals surface area (Å²) in [4.78, 5) is 0. The largest absolute Gasteiger partial charge is 0.507 e. The Morgan fingerprint density at radius 1 is 0.966 bits per heavy atom. The van der Waals surface area contributed by atoms with Gasteiger partial charge in [0.1, 0.15) is 11.5 Å². The first-order valence-electron chi connectivity index (χ1n) is 10.4. The maximum Gasteiger partial charge on any atom is 0.191 e. The highest BCUT2D eigenvalue weighted by atomic mass is 28.4. The molecule has 0 bridgehead atoms. The van der Waals surface area contributed by atoms with E-state index in [-0.39, 0.29) is 5.04 Å². The normalized spacial score (nSPS) is 13.6. The van der Waals surface area contributed by atoms with Crippen molar-refractivity contribution in [1.29, 1.82) is 0 Å². The summed E-state index contributed by atoms with van der Waals surface area (Å²) < 4.78 is 12.2. The van der Waals surface area contributed by atoms with Crippen LogP contribution in [-0.2, 0) is 4.43 Å². The molecule has 3 rings (SSSR count). The Morgan fingerprint density at radius 2 is 1.62 bits per heavy atom. The van der Waals surface area contributed by atoms with Crippen LogP contribution < -0.4 is 4.74 Å². The van der Waals surface area contributed by atoms with Crippen LogP contribution in [0.15, 0.2) is 30.3 Å². The van der Waals surface area contributed by atoms with Gasteiger partial charge in [0.2, 0.25) is 0 Å². The Hall–Kier alpha value is -2.04. The van der Waals surface area contributed by atoms with Gasteiger partial charge in [0, 0.05) is 18.6 Å². The van der Waals surface area contributed by atoms with Gasteiger partial charge >= 0.3 is 0 Å². The number of rotatable bonds is 7. The van der Waals surface area contributed by atoms with Crippen LogP contribution >= 0.6 is 0 Å². The summed E-state index contributed by atoms with van der Waals surface area (Å²) in [6, 6.07) is 10.3. The molecule has 1 N–H and O–H groups in total. The number of fused-ring (bicyclic) bond motifs is 1. The molecular formula is C25H34O3Si. The SMILES string of the molecule is Cc1cc(OCCCO[Si](C)(C)C(C)(C)C)cc(C)c1-c1cccc2c1C(O)=C2. The lowest BCUT2D eigenvalue weighted by atomic mass is 9.84. The summed E-state index contributed by atoms with van der Waals surface area (Å²) in [5.74, 6) is 1.27. The van der Waals surface area contributed by atoms with Crippen LogP contribution in [0.2, 0.25) is 18.1 Å². The van der Waals surface area contributed by atoms with Crippen LogP contribution in [-0.4, -0.2) is 26.6 Å². The Kier molecular flexibility index (Phi) is 5.97. The molecule has 0 fully saturated rings. The third kappa shape index (κ3) is 4.44. The topological polar surface area (TPSA) is 38.7 Å². The molecule has 0 amide bonds. The van der Waals surface area contributed by atoms with Gasteiger partial charge in [-0.05, 0) is 78.0 Å². The third-order valence-corrected chi connectivity index (χ3v) is 10.8. The highest BCUT2D eigenvalue weighted by molar-refractivity contribution is 6.74. The molecule has 0 atom stereocenters. The highest BCUT2D eigenvalue weighted by Gasteiger charge is 2.36. The van der Waals surface area contributed by atoms with Gasteiger partial charge in [-0.15, -0.1) is 0 Å². The minimum Gasteiger partial charge on any atom is -0.507 e. The van der Waals surface area contributed by atoms with Gasteiger partial charge in [-0.25, -0.2) is 0 Å². The molecule has 0 unspecified atom stereocenters. The molecule has 0 saturated heterocycles. The number of hydrogen-bond acceptors (Lipinski definition) is 3. The molecular weight excluding hydrogens is 376 g/mol. The van der Waals surface area contributed by atoms with Crippen molar-refractivity contribution < 1.29 is 14.3 Å². The van der Waals surface area contributed by atoms with Gasteiger partial charge in [0.15, 0.2) is 8.32 Å².